The van der Waals surface area contributed by atoms with Gasteiger partial charge in [0.1, 0.15) is 22.4 Å². The molecule has 0 rings (SSSR count). The average Bonchev–Trinajstić information content (AvgIpc) is 2.47. The average molecular weight is 386 g/mol. The predicted molar refractivity (Wildman–Crippen MR) is 60.6 cm³/mol. The van der Waals surface area contributed by atoms with Gasteiger partial charge >= 0.3 is 0 Å². The standard InChI is InChI=1S/2C2H6OS.2Fe.4NO/c2*3-1-2-4;;;4*1-2/h2*3-4H,1-2H2;;;;;;/p-2. The number of rotatable bonds is 2. The van der Waals surface area contributed by atoms with Crippen LogP contribution in [0.5, 0.6) is 0 Å². The van der Waals surface area contributed by atoms with Gasteiger partial charge in [-0.25, -0.2) is 0 Å². The Hall–Kier alpha value is 0.0590. The number of hydrogen-bond acceptors (Lipinski definition) is 8. The fourth-order valence-electron chi connectivity index (χ4n) is 0. The van der Waals surface area contributed by atoms with E-state index in [2.05, 4.69) is 25.3 Å². The summed E-state index contributed by atoms with van der Waals surface area (Å²) in [6.45, 7) is 0.269. The summed E-state index contributed by atoms with van der Waals surface area (Å²) in [5.41, 5.74) is 23.0. The molecule has 18 heavy (non-hydrogen) atoms. The monoisotopic (exact) mass is 386 g/mol. The Balaban J connectivity index is -0.0000000113. The number of aliphatic hydroxyl groups excluding tert-OH is 2. The van der Waals surface area contributed by atoms with E-state index in [0.29, 0.717) is 11.5 Å². The third-order valence-electron chi connectivity index (χ3n) is 0.183. The van der Waals surface area contributed by atoms with Crippen LogP contribution in [0.25, 0.3) is 0 Å². The number of hydrogen-bond donors (Lipinski definition) is 2. The SMILES string of the molecule is OCC[S-].OCC[S-].[Fe].[Fe].[N]=O.[N]=O.[N]=O.[N]=O. The molecule has 0 aliphatic heterocycles. The first-order chi connectivity index (χ1) is 7.83. The molecule has 0 aliphatic rings. The van der Waals surface area contributed by atoms with Gasteiger partial charge in [-0.3, -0.25) is 0 Å². The van der Waals surface area contributed by atoms with Crippen LogP contribution in [0, 0.1) is 19.6 Å². The van der Waals surface area contributed by atoms with Crippen molar-refractivity contribution >= 4 is 25.3 Å². The van der Waals surface area contributed by atoms with E-state index in [-0.39, 0.29) is 47.4 Å². The quantitative estimate of drug-likeness (QED) is 0.376. The molecule has 10 nitrogen and oxygen atoms in total. The van der Waals surface area contributed by atoms with E-state index in [0.717, 1.165) is 0 Å². The second kappa shape index (κ2) is 267. The van der Waals surface area contributed by atoms with Crippen molar-refractivity contribution in [3.8, 4) is 0 Å². The number of aliphatic hydroxyl groups is 2. The van der Waals surface area contributed by atoms with Crippen molar-refractivity contribution in [3.05, 3.63) is 19.6 Å². The maximum absolute atomic E-state index is 7.77. The first-order valence-electron chi connectivity index (χ1n) is 2.94. The van der Waals surface area contributed by atoms with Crippen molar-refractivity contribution in [2.75, 3.05) is 24.7 Å². The summed E-state index contributed by atoms with van der Waals surface area (Å²) in [7, 11) is 0. The van der Waals surface area contributed by atoms with E-state index in [9.17, 15) is 0 Å². The Morgan fingerprint density at radius 2 is 0.667 bits per heavy atom. The maximum atomic E-state index is 7.77. The molecule has 112 valence electrons. The van der Waals surface area contributed by atoms with Crippen LogP contribution in [-0.2, 0) is 59.4 Å². The third kappa shape index (κ3) is 859. The summed E-state index contributed by atoms with van der Waals surface area (Å²) in [5, 5.41) is 15.5. The van der Waals surface area contributed by atoms with Gasteiger partial charge in [0, 0.05) is 47.4 Å². The topological polar surface area (TPSA) is 198 Å². The molecule has 0 unspecified atom stereocenters. The molecule has 0 saturated heterocycles. The summed E-state index contributed by atoms with van der Waals surface area (Å²) >= 11 is 8.61. The minimum absolute atomic E-state index is 0. The van der Waals surface area contributed by atoms with Gasteiger partial charge in [-0.2, -0.15) is 11.5 Å². The summed E-state index contributed by atoms with van der Waals surface area (Å²) in [6.07, 6.45) is 0. The van der Waals surface area contributed by atoms with Gasteiger partial charge in [-0.15, -0.1) is 19.6 Å². The van der Waals surface area contributed by atoms with Crippen molar-refractivity contribution in [2.45, 2.75) is 0 Å². The van der Waals surface area contributed by atoms with Crippen molar-refractivity contribution in [3.63, 3.8) is 0 Å². The molecule has 0 aromatic rings. The molecule has 14 heteroatoms. The summed E-state index contributed by atoms with van der Waals surface area (Å²) in [5.74, 6) is 0.917. The molecule has 0 amide bonds. The van der Waals surface area contributed by atoms with Gasteiger partial charge in [-0.05, 0) is 0 Å². The predicted octanol–water partition coefficient (Wildman–Crippen LogP) is -2.74. The number of nitroso groups, excluding NO2 is 4. The molecular weight excluding hydrogens is 376 g/mol. The van der Waals surface area contributed by atoms with Crippen molar-refractivity contribution in [2.24, 2.45) is 0 Å². The van der Waals surface area contributed by atoms with E-state index < -0.39 is 0 Å². The minimum atomic E-state index is 0. The van der Waals surface area contributed by atoms with Crippen LogP contribution >= 0.6 is 0 Å². The van der Waals surface area contributed by atoms with E-state index >= 15 is 0 Å². The summed E-state index contributed by atoms with van der Waals surface area (Å²) < 4.78 is 0. The first-order valence-corrected chi connectivity index (χ1v) is 4.09. The zero-order chi connectivity index (χ0) is 14.8. The summed E-state index contributed by atoms with van der Waals surface area (Å²) in [6, 6.07) is 0. The van der Waals surface area contributed by atoms with Crippen LogP contribution in [0.1, 0.15) is 0 Å². The van der Waals surface area contributed by atoms with Gasteiger partial charge in [0.2, 0.25) is 0 Å². The normalized spacial score (nSPS) is 4.22. The minimum Gasteiger partial charge on any atom is -0.790 e. The van der Waals surface area contributed by atoms with Crippen LogP contribution in [0.15, 0.2) is 0 Å². The smallest absolute Gasteiger partial charge is 0.120 e. The third-order valence-corrected chi connectivity index (χ3v) is 0.548. The molecule has 0 atom stereocenters. The largest absolute Gasteiger partial charge is 0.790 e. The van der Waals surface area contributed by atoms with Crippen LogP contribution in [0.2, 0.25) is 0 Å². The van der Waals surface area contributed by atoms with Gasteiger partial charge in [-0.1, -0.05) is 0 Å². The number of nitrogens with zero attached hydrogens (tertiary/aromatic N) is 4. The van der Waals surface area contributed by atoms with Crippen molar-refractivity contribution < 1.29 is 44.4 Å². The molecule has 0 saturated carbocycles. The van der Waals surface area contributed by atoms with Crippen LogP contribution in [0.4, 0.5) is 0 Å². The Bertz CT molecular complexity index is 71.5. The van der Waals surface area contributed by atoms with Gasteiger partial charge in [0.15, 0.2) is 0 Å². The van der Waals surface area contributed by atoms with E-state index in [1.165, 1.54) is 0 Å². The second-order valence-electron chi connectivity index (χ2n) is 0.855. The Morgan fingerprint density at radius 3 is 0.667 bits per heavy atom. The summed E-state index contributed by atoms with van der Waals surface area (Å²) in [4.78, 5) is 29.0. The van der Waals surface area contributed by atoms with Gasteiger partial charge in [0.05, 0.1) is 0 Å². The van der Waals surface area contributed by atoms with Gasteiger partial charge in [0.25, 0.3) is 0 Å². The molecule has 4 radical (unpaired) electrons. The molecule has 2 N–H and O–H groups in total. The Kier molecular flexibility index (Phi) is 771. The molecule has 0 aromatic heterocycles. The Labute approximate surface area is 136 Å². The molecule has 0 bridgehead atoms. The van der Waals surface area contributed by atoms with Crippen LogP contribution in [-0.4, -0.2) is 34.9 Å². The molecule has 0 spiro atoms. The molecule has 0 fully saturated rings. The zero-order valence-corrected chi connectivity index (χ0v) is 12.5. The van der Waals surface area contributed by atoms with E-state index in [1.54, 1.807) is 0 Å². The first kappa shape index (κ1) is 51.9. The maximum Gasteiger partial charge on any atom is 0.120 e. The van der Waals surface area contributed by atoms with Gasteiger partial charge < -0.3 is 35.5 Å². The zero-order valence-electron chi connectivity index (χ0n) is 8.67. The van der Waals surface area contributed by atoms with Crippen molar-refractivity contribution in [1.29, 1.82) is 0 Å². The molecule has 0 aliphatic carbocycles. The fraction of sp³-hybridized carbons (Fsp3) is 1.00. The van der Waals surface area contributed by atoms with E-state index in [1.807, 2.05) is 0 Å². The van der Waals surface area contributed by atoms with E-state index in [4.69, 9.17) is 52.2 Å². The second-order valence-corrected chi connectivity index (χ2v) is 1.67. The molecule has 0 heterocycles. The molecular formula is C4H10Fe2N4O6S2-2. The Morgan fingerprint density at radius 1 is 0.611 bits per heavy atom. The van der Waals surface area contributed by atoms with Crippen LogP contribution in [0.3, 0.4) is 0 Å². The van der Waals surface area contributed by atoms with Crippen molar-refractivity contribution in [1.82, 2.24) is 22.4 Å². The fourth-order valence-corrected chi connectivity index (χ4v) is 0. The van der Waals surface area contributed by atoms with Crippen LogP contribution < -0.4 is 22.4 Å². The molecule has 0 aromatic carbocycles.